The van der Waals surface area contributed by atoms with Crippen LogP contribution < -0.4 is 10.1 Å². The van der Waals surface area contributed by atoms with Gasteiger partial charge in [0.2, 0.25) is 5.91 Å². The van der Waals surface area contributed by atoms with E-state index in [0.717, 1.165) is 6.42 Å². The van der Waals surface area contributed by atoms with E-state index >= 15 is 0 Å². The number of nitrogens with one attached hydrogen (secondary N) is 1. The average molecular weight is 455 g/mol. The van der Waals surface area contributed by atoms with Crippen molar-refractivity contribution in [3.05, 3.63) is 63.9 Å². The lowest BCUT2D eigenvalue weighted by molar-refractivity contribution is -0.143. The third-order valence-electron chi connectivity index (χ3n) is 4.45. The first-order valence-electron chi connectivity index (χ1n) is 9.75. The molecule has 2 amide bonds. The highest BCUT2D eigenvalue weighted by Gasteiger charge is 2.28. The van der Waals surface area contributed by atoms with E-state index in [4.69, 9.17) is 27.9 Å². The van der Waals surface area contributed by atoms with Gasteiger partial charge in [-0.1, -0.05) is 49.2 Å². The van der Waals surface area contributed by atoms with Crippen molar-refractivity contribution in [2.45, 2.75) is 39.3 Å². The van der Waals surface area contributed by atoms with E-state index in [2.05, 4.69) is 5.32 Å². The molecule has 0 fully saturated rings. The van der Waals surface area contributed by atoms with E-state index in [1.807, 2.05) is 13.8 Å². The summed E-state index contributed by atoms with van der Waals surface area (Å²) >= 11 is 12.0. The van der Waals surface area contributed by atoms with Crippen LogP contribution in [-0.4, -0.2) is 35.9 Å². The summed E-state index contributed by atoms with van der Waals surface area (Å²) in [5, 5.41) is 3.57. The second-order valence-corrected chi connectivity index (χ2v) is 7.57. The average Bonchev–Trinajstić information content (AvgIpc) is 2.72. The predicted molar refractivity (Wildman–Crippen MR) is 116 cm³/mol. The largest absolute Gasteiger partial charge is 0.482 e. The SMILES string of the molecule is CCCNC(=O)C(CC)N(Cc1ccc(F)cc1)C(=O)COc1ccc(Cl)cc1Cl. The number of nitrogens with zero attached hydrogens (tertiary/aromatic N) is 1. The lowest BCUT2D eigenvalue weighted by Crippen LogP contribution is -2.50. The van der Waals surface area contributed by atoms with Crippen molar-refractivity contribution in [2.75, 3.05) is 13.2 Å². The third-order valence-corrected chi connectivity index (χ3v) is 4.98. The minimum Gasteiger partial charge on any atom is -0.482 e. The fourth-order valence-electron chi connectivity index (χ4n) is 2.89. The second-order valence-electron chi connectivity index (χ2n) is 6.73. The van der Waals surface area contributed by atoms with Crippen molar-refractivity contribution in [3.8, 4) is 5.75 Å². The zero-order chi connectivity index (χ0) is 22.1. The number of carbonyl (C=O) groups is 2. The standard InChI is InChI=1S/C22H25Cl2FN2O3/c1-3-11-26-22(29)19(4-2)27(13-15-5-8-17(25)9-6-15)21(28)14-30-20-10-7-16(23)12-18(20)24/h5-10,12,19H,3-4,11,13-14H2,1-2H3,(H,26,29). The summed E-state index contributed by atoms with van der Waals surface area (Å²) in [5.74, 6) is -0.673. The van der Waals surface area contributed by atoms with Crippen LogP contribution >= 0.6 is 23.2 Å². The Hall–Kier alpha value is -2.31. The summed E-state index contributed by atoms with van der Waals surface area (Å²) in [6.45, 7) is 4.14. The molecular formula is C22H25Cl2FN2O3. The van der Waals surface area contributed by atoms with E-state index in [9.17, 15) is 14.0 Å². The topological polar surface area (TPSA) is 58.6 Å². The van der Waals surface area contributed by atoms with Gasteiger partial charge in [-0.05, 0) is 48.7 Å². The van der Waals surface area contributed by atoms with Crippen LogP contribution in [0.15, 0.2) is 42.5 Å². The number of halogens is 3. The molecule has 0 radical (unpaired) electrons. The molecule has 0 saturated heterocycles. The molecule has 0 aliphatic rings. The first-order chi connectivity index (χ1) is 14.3. The molecule has 5 nitrogen and oxygen atoms in total. The molecule has 2 rings (SSSR count). The van der Waals surface area contributed by atoms with Crippen molar-refractivity contribution in [1.82, 2.24) is 10.2 Å². The smallest absolute Gasteiger partial charge is 0.261 e. The Balaban J connectivity index is 2.20. The molecule has 0 heterocycles. The highest BCUT2D eigenvalue weighted by atomic mass is 35.5. The molecule has 1 atom stereocenters. The molecule has 0 spiro atoms. The van der Waals surface area contributed by atoms with Crippen LogP contribution in [0.2, 0.25) is 10.0 Å². The van der Waals surface area contributed by atoms with Gasteiger partial charge in [0.25, 0.3) is 5.91 Å². The van der Waals surface area contributed by atoms with Gasteiger partial charge < -0.3 is 15.0 Å². The summed E-state index contributed by atoms with van der Waals surface area (Å²) in [5.41, 5.74) is 0.705. The van der Waals surface area contributed by atoms with Crippen LogP contribution in [0.1, 0.15) is 32.3 Å². The van der Waals surface area contributed by atoms with Gasteiger partial charge in [-0.25, -0.2) is 4.39 Å². The van der Waals surface area contributed by atoms with Crippen LogP contribution in [0.25, 0.3) is 0 Å². The number of amides is 2. The van der Waals surface area contributed by atoms with Gasteiger partial charge in [-0.15, -0.1) is 0 Å². The molecule has 162 valence electrons. The number of ether oxygens (including phenoxy) is 1. The highest BCUT2D eigenvalue weighted by Crippen LogP contribution is 2.27. The molecule has 30 heavy (non-hydrogen) atoms. The molecule has 1 N–H and O–H groups in total. The zero-order valence-corrected chi connectivity index (χ0v) is 18.5. The van der Waals surface area contributed by atoms with Gasteiger partial charge in [-0.2, -0.15) is 0 Å². The van der Waals surface area contributed by atoms with Crippen molar-refractivity contribution < 1.29 is 18.7 Å². The monoisotopic (exact) mass is 454 g/mol. The Bertz CT molecular complexity index is 862. The Morgan fingerprint density at radius 3 is 2.43 bits per heavy atom. The fraction of sp³-hybridized carbons (Fsp3) is 0.364. The zero-order valence-electron chi connectivity index (χ0n) is 17.0. The van der Waals surface area contributed by atoms with E-state index in [0.29, 0.717) is 29.3 Å². The lowest BCUT2D eigenvalue weighted by atomic mass is 10.1. The number of rotatable bonds is 10. The fourth-order valence-corrected chi connectivity index (χ4v) is 3.35. The van der Waals surface area contributed by atoms with Gasteiger partial charge in [0, 0.05) is 18.1 Å². The maximum atomic E-state index is 13.3. The molecule has 0 aliphatic carbocycles. The number of hydrogen-bond acceptors (Lipinski definition) is 3. The van der Waals surface area contributed by atoms with Crippen molar-refractivity contribution in [1.29, 1.82) is 0 Å². The van der Waals surface area contributed by atoms with Crippen LogP contribution in [0, 0.1) is 5.82 Å². The van der Waals surface area contributed by atoms with Crippen molar-refractivity contribution in [3.63, 3.8) is 0 Å². The van der Waals surface area contributed by atoms with E-state index in [-0.39, 0.29) is 35.8 Å². The molecule has 2 aromatic carbocycles. The van der Waals surface area contributed by atoms with E-state index in [1.54, 1.807) is 24.3 Å². The minimum absolute atomic E-state index is 0.148. The Morgan fingerprint density at radius 2 is 1.83 bits per heavy atom. The molecule has 0 aromatic heterocycles. The van der Waals surface area contributed by atoms with E-state index in [1.165, 1.54) is 23.1 Å². The van der Waals surface area contributed by atoms with Crippen LogP contribution in [0.3, 0.4) is 0 Å². The summed E-state index contributed by atoms with van der Waals surface area (Å²) < 4.78 is 18.8. The second kappa shape index (κ2) is 11.8. The first-order valence-corrected chi connectivity index (χ1v) is 10.5. The summed E-state index contributed by atoms with van der Waals surface area (Å²) in [4.78, 5) is 27.1. The Kier molecular flexibility index (Phi) is 9.40. The minimum atomic E-state index is -0.682. The summed E-state index contributed by atoms with van der Waals surface area (Å²) in [7, 11) is 0. The number of hydrogen-bond donors (Lipinski definition) is 1. The molecule has 1 unspecified atom stereocenters. The maximum Gasteiger partial charge on any atom is 0.261 e. The third kappa shape index (κ3) is 6.89. The molecule has 2 aromatic rings. The van der Waals surface area contributed by atoms with Crippen molar-refractivity contribution in [2.24, 2.45) is 0 Å². The van der Waals surface area contributed by atoms with Crippen LogP contribution in [-0.2, 0) is 16.1 Å². The molecule has 0 saturated carbocycles. The maximum absolute atomic E-state index is 13.3. The van der Waals surface area contributed by atoms with Crippen LogP contribution in [0.5, 0.6) is 5.75 Å². The van der Waals surface area contributed by atoms with Gasteiger partial charge in [0.1, 0.15) is 17.6 Å². The molecule has 0 aliphatic heterocycles. The van der Waals surface area contributed by atoms with Crippen LogP contribution in [0.4, 0.5) is 4.39 Å². The summed E-state index contributed by atoms with van der Waals surface area (Å²) in [6, 6.07) is 9.83. The normalized spacial score (nSPS) is 11.6. The number of benzene rings is 2. The molecular weight excluding hydrogens is 430 g/mol. The lowest BCUT2D eigenvalue weighted by Gasteiger charge is -2.30. The first kappa shape index (κ1) is 24.0. The Morgan fingerprint density at radius 1 is 1.13 bits per heavy atom. The van der Waals surface area contributed by atoms with Gasteiger partial charge in [0.15, 0.2) is 6.61 Å². The summed E-state index contributed by atoms with van der Waals surface area (Å²) in [6.07, 6.45) is 1.20. The molecule has 0 bridgehead atoms. The van der Waals surface area contributed by atoms with Gasteiger partial charge in [0.05, 0.1) is 5.02 Å². The highest BCUT2D eigenvalue weighted by molar-refractivity contribution is 6.35. The van der Waals surface area contributed by atoms with Gasteiger partial charge in [-0.3, -0.25) is 9.59 Å². The van der Waals surface area contributed by atoms with Crippen molar-refractivity contribution >= 4 is 35.0 Å². The van der Waals surface area contributed by atoms with Gasteiger partial charge >= 0.3 is 0 Å². The predicted octanol–water partition coefficient (Wildman–Crippen LogP) is 4.84. The number of carbonyl (C=O) groups excluding carboxylic acids is 2. The molecule has 8 heteroatoms. The quantitative estimate of drug-likeness (QED) is 0.558. The van der Waals surface area contributed by atoms with E-state index < -0.39 is 6.04 Å². The Labute approximate surface area is 186 Å².